The van der Waals surface area contributed by atoms with Crippen molar-refractivity contribution < 1.29 is 92.3 Å². The molecule has 0 amide bonds. The maximum Gasteiger partial charge on any atom is 0.490 e. The van der Waals surface area contributed by atoms with E-state index in [4.69, 9.17) is 49.6 Å². The summed E-state index contributed by atoms with van der Waals surface area (Å²) in [6.45, 7) is 7.00. The van der Waals surface area contributed by atoms with Gasteiger partial charge in [0.15, 0.2) is 0 Å². The molecule has 0 bridgehead atoms. The largest absolute Gasteiger partial charge is 0.490 e. The number of rotatable bonds is 4. The molecule has 1 fully saturated rings. The highest BCUT2D eigenvalue weighted by atomic mass is 19.4. The summed E-state index contributed by atoms with van der Waals surface area (Å²) in [7, 11) is 0. The van der Waals surface area contributed by atoms with E-state index in [1.54, 1.807) is 0 Å². The Labute approximate surface area is 306 Å². The molecule has 3 aromatic rings. The van der Waals surface area contributed by atoms with Crippen LogP contribution in [0.15, 0.2) is 61.1 Å². The maximum absolute atomic E-state index is 10.6. The first kappa shape index (κ1) is 48.3. The van der Waals surface area contributed by atoms with Crippen molar-refractivity contribution in [2.75, 3.05) is 24.5 Å². The highest BCUT2D eigenvalue weighted by Gasteiger charge is 2.48. The number of aliphatic carboxylic acids is 4. The van der Waals surface area contributed by atoms with E-state index in [-0.39, 0.29) is 5.41 Å². The number of carboxylic acid groups (broad SMARTS) is 4. The Bertz CT molecular complexity index is 1680. The van der Waals surface area contributed by atoms with Gasteiger partial charge in [-0.25, -0.2) is 19.2 Å². The maximum atomic E-state index is 10.6. The second-order valence-corrected chi connectivity index (χ2v) is 11.3. The number of halogens is 12. The van der Waals surface area contributed by atoms with E-state index in [0.29, 0.717) is 0 Å². The Morgan fingerprint density at radius 1 is 0.679 bits per heavy atom. The van der Waals surface area contributed by atoms with Gasteiger partial charge in [0.25, 0.3) is 0 Å². The van der Waals surface area contributed by atoms with Crippen molar-refractivity contribution in [1.82, 2.24) is 19.9 Å². The van der Waals surface area contributed by atoms with E-state index in [2.05, 4.69) is 58.1 Å². The molecule has 0 radical (unpaired) electrons. The van der Waals surface area contributed by atoms with Gasteiger partial charge in [-0.15, -0.1) is 0 Å². The molecule has 1 unspecified atom stereocenters. The topological polar surface area (TPSA) is 194 Å². The summed E-state index contributed by atoms with van der Waals surface area (Å²) in [5.41, 5.74) is 6.14. The van der Waals surface area contributed by atoms with Gasteiger partial charge < -0.3 is 25.3 Å². The number of carbonyl (C=O) groups is 4. The van der Waals surface area contributed by atoms with Gasteiger partial charge in [-0.2, -0.15) is 52.7 Å². The molecule has 1 saturated heterocycles. The van der Waals surface area contributed by atoms with Crippen LogP contribution in [0.25, 0.3) is 0 Å². The second-order valence-electron chi connectivity index (χ2n) is 11.3. The zero-order valence-corrected chi connectivity index (χ0v) is 28.2. The molecule has 25 heteroatoms. The number of aromatic nitrogens is 3. The lowest BCUT2D eigenvalue weighted by molar-refractivity contribution is -0.193. The standard InChI is InChI=1S/C23H25N5.4C2HF3O2/c1-18-5-2-7-20(26-18)15-27-12-9-23(16-27)17-28(14-19-6-3-10-24-13-19)21-8-4-11-25-22(21)23;4*3-2(4,5)1(6)7/h2-8,10-11,13H,9,12,14-17H2,1H3;4*(H,6,7). The third-order valence-electron chi connectivity index (χ3n) is 6.95. The number of alkyl halides is 12. The number of carboxylic acids is 4. The van der Waals surface area contributed by atoms with Crippen molar-refractivity contribution in [3.8, 4) is 0 Å². The number of likely N-dealkylation sites (tertiary alicyclic amines) is 1. The predicted molar refractivity (Wildman–Crippen MR) is 165 cm³/mol. The van der Waals surface area contributed by atoms with E-state index >= 15 is 0 Å². The Hall–Kier alpha value is -5.75. The first-order chi connectivity index (χ1) is 25.5. The molecule has 13 nitrogen and oxygen atoms in total. The molecule has 310 valence electrons. The minimum Gasteiger partial charge on any atom is -0.475 e. The van der Waals surface area contributed by atoms with Crippen LogP contribution in [0.5, 0.6) is 0 Å². The molecule has 4 N–H and O–H groups in total. The van der Waals surface area contributed by atoms with Gasteiger partial charge in [-0.05, 0) is 55.8 Å². The molecular formula is C31H29F12N5O8. The normalized spacial score (nSPS) is 16.3. The van der Waals surface area contributed by atoms with Crippen LogP contribution in [-0.4, -0.2) is 108 Å². The molecular weight excluding hydrogens is 798 g/mol. The number of pyridine rings is 3. The molecule has 1 atom stereocenters. The molecule has 56 heavy (non-hydrogen) atoms. The Morgan fingerprint density at radius 3 is 1.59 bits per heavy atom. The summed E-state index contributed by atoms with van der Waals surface area (Å²) in [5.74, 6) is -11.0. The van der Waals surface area contributed by atoms with E-state index in [1.165, 1.54) is 16.9 Å². The number of hydrogen-bond acceptors (Lipinski definition) is 9. The van der Waals surface area contributed by atoms with Crippen molar-refractivity contribution in [2.24, 2.45) is 0 Å². The minimum absolute atomic E-state index is 0.114. The summed E-state index contributed by atoms with van der Waals surface area (Å²) in [6.07, 6.45) is -13.4. The molecule has 1 spiro atoms. The third kappa shape index (κ3) is 16.3. The fraction of sp³-hybridized carbons (Fsp3) is 0.387. The average molecular weight is 828 g/mol. The van der Waals surface area contributed by atoms with Gasteiger partial charge in [0.05, 0.1) is 17.1 Å². The van der Waals surface area contributed by atoms with Gasteiger partial charge in [0, 0.05) is 55.9 Å². The van der Waals surface area contributed by atoms with Gasteiger partial charge in [0.2, 0.25) is 0 Å². The van der Waals surface area contributed by atoms with Crippen LogP contribution in [0.4, 0.5) is 58.4 Å². The van der Waals surface area contributed by atoms with E-state index in [0.717, 1.165) is 50.5 Å². The molecule has 5 heterocycles. The SMILES string of the molecule is Cc1cccc(CN2CCC3(C2)CN(Cc2cccnc2)c2cccnc23)n1.O=C(O)C(F)(F)F.O=C(O)C(F)(F)F.O=C(O)C(F)(F)F.O=C(O)C(F)(F)F. The van der Waals surface area contributed by atoms with Crippen LogP contribution in [0.1, 0.15) is 29.1 Å². The Kier molecular flexibility index (Phi) is 17.0. The van der Waals surface area contributed by atoms with Crippen molar-refractivity contribution in [3.05, 3.63) is 83.7 Å². The molecule has 0 aromatic carbocycles. The number of hydrogen-bond donors (Lipinski definition) is 4. The highest BCUT2D eigenvalue weighted by molar-refractivity contribution is 5.74. The van der Waals surface area contributed by atoms with Crippen molar-refractivity contribution in [2.45, 2.75) is 56.6 Å². The summed E-state index contributed by atoms with van der Waals surface area (Å²) in [4.78, 5) is 54.4. The third-order valence-corrected chi connectivity index (χ3v) is 6.95. The zero-order valence-electron chi connectivity index (χ0n) is 28.2. The summed E-state index contributed by atoms with van der Waals surface area (Å²) in [5, 5.41) is 28.5. The minimum atomic E-state index is -5.08. The van der Waals surface area contributed by atoms with Crippen LogP contribution in [0.3, 0.4) is 0 Å². The second kappa shape index (κ2) is 19.7. The first-order valence-electron chi connectivity index (χ1n) is 14.9. The van der Waals surface area contributed by atoms with Gasteiger partial charge in [-0.3, -0.25) is 19.9 Å². The van der Waals surface area contributed by atoms with Gasteiger partial charge in [0.1, 0.15) is 0 Å². The van der Waals surface area contributed by atoms with Crippen molar-refractivity contribution in [3.63, 3.8) is 0 Å². The molecule has 0 aliphatic carbocycles. The predicted octanol–water partition coefficient (Wildman–Crippen LogP) is 5.88. The summed E-state index contributed by atoms with van der Waals surface area (Å²) in [6, 6.07) is 14.7. The summed E-state index contributed by atoms with van der Waals surface area (Å²) >= 11 is 0. The monoisotopic (exact) mass is 827 g/mol. The molecule has 0 saturated carbocycles. The lowest BCUT2D eigenvalue weighted by Gasteiger charge is -2.26. The van der Waals surface area contributed by atoms with E-state index < -0.39 is 48.6 Å². The Morgan fingerprint density at radius 2 is 1.16 bits per heavy atom. The van der Waals surface area contributed by atoms with Crippen molar-refractivity contribution >= 4 is 29.6 Å². The van der Waals surface area contributed by atoms with Crippen LogP contribution in [0, 0.1) is 6.92 Å². The number of nitrogens with zero attached hydrogens (tertiary/aromatic N) is 5. The highest BCUT2D eigenvalue weighted by Crippen LogP contribution is 2.45. The lowest BCUT2D eigenvalue weighted by atomic mass is 9.85. The quantitative estimate of drug-likeness (QED) is 0.228. The van der Waals surface area contributed by atoms with Crippen LogP contribution in [0.2, 0.25) is 0 Å². The number of aryl methyl sites for hydroxylation is 1. The van der Waals surface area contributed by atoms with Crippen LogP contribution in [-0.2, 0) is 37.7 Å². The summed E-state index contributed by atoms with van der Waals surface area (Å²) < 4.78 is 127. The van der Waals surface area contributed by atoms with Crippen LogP contribution < -0.4 is 4.90 Å². The molecule has 5 rings (SSSR count). The van der Waals surface area contributed by atoms with Crippen molar-refractivity contribution in [1.29, 1.82) is 0 Å². The zero-order chi connectivity index (χ0) is 43.3. The first-order valence-corrected chi connectivity index (χ1v) is 14.9. The average Bonchev–Trinajstić information content (AvgIpc) is 3.60. The van der Waals surface area contributed by atoms with Gasteiger partial charge >= 0.3 is 48.6 Å². The molecule has 3 aromatic heterocycles. The van der Waals surface area contributed by atoms with E-state index in [9.17, 15) is 52.7 Å². The molecule has 2 aliphatic heterocycles. The van der Waals surface area contributed by atoms with Crippen LogP contribution >= 0.6 is 0 Å². The number of fused-ring (bicyclic) bond motifs is 2. The van der Waals surface area contributed by atoms with E-state index in [1.807, 2.05) is 24.7 Å². The lowest BCUT2D eigenvalue weighted by Crippen LogP contribution is -2.36. The Balaban J connectivity index is 0.000000457. The molecule has 2 aliphatic rings. The smallest absolute Gasteiger partial charge is 0.475 e. The fourth-order valence-electron chi connectivity index (χ4n) is 4.77. The fourth-order valence-corrected chi connectivity index (χ4v) is 4.77. The number of anilines is 1. The van der Waals surface area contributed by atoms with Gasteiger partial charge in [-0.1, -0.05) is 12.1 Å².